The van der Waals surface area contributed by atoms with Gasteiger partial charge in [0.25, 0.3) is 0 Å². The van der Waals surface area contributed by atoms with E-state index < -0.39 is 0 Å². The zero-order chi connectivity index (χ0) is 7.11. The Balaban J connectivity index is 0. The van der Waals surface area contributed by atoms with E-state index in [0.29, 0.717) is 0 Å². The van der Waals surface area contributed by atoms with E-state index in [9.17, 15) is 0 Å². The Bertz CT molecular complexity index is 135. The van der Waals surface area contributed by atoms with Gasteiger partial charge in [0.05, 0.1) is 0 Å². The van der Waals surface area contributed by atoms with E-state index in [-0.39, 0.29) is 1.43 Å². The Kier molecular flexibility index (Phi) is 4.89. The summed E-state index contributed by atoms with van der Waals surface area (Å²) in [5.74, 6) is 0. The largest absolute Gasteiger partial charge is 0.0683 e. The highest BCUT2D eigenvalue weighted by Crippen LogP contribution is 1.92. The van der Waals surface area contributed by atoms with Crippen molar-refractivity contribution in [1.82, 2.24) is 0 Å². The molecule has 0 radical (unpaired) electrons. The Labute approximate surface area is 59.0 Å². The first kappa shape index (κ1) is 8.22. The van der Waals surface area contributed by atoms with Crippen LogP contribution in [0.2, 0.25) is 0 Å². The van der Waals surface area contributed by atoms with E-state index >= 15 is 0 Å². The van der Waals surface area contributed by atoms with Crippen molar-refractivity contribution in [2.75, 3.05) is 0 Å². The molecule has 1 rings (SSSR count). The lowest BCUT2D eigenvalue weighted by Crippen LogP contribution is -1.62. The molecule has 1 aromatic carbocycles. The smallest absolute Gasteiger partial charge is 0 e. The molecule has 0 saturated carbocycles. The van der Waals surface area contributed by atoms with Crippen molar-refractivity contribution in [1.29, 1.82) is 0 Å². The zero-order valence-corrected chi connectivity index (χ0v) is 6.39. The van der Waals surface area contributed by atoms with E-state index in [2.05, 4.69) is 19.1 Å². The lowest BCUT2D eigenvalue weighted by atomic mass is 10.2. The Morgan fingerprint density at radius 3 is 1.67 bits per heavy atom. The molecule has 1 aromatic rings. The zero-order valence-electron chi connectivity index (χ0n) is 6.39. The minimum Gasteiger partial charge on any atom is -0.0683 e. The van der Waals surface area contributed by atoms with Gasteiger partial charge in [-0.1, -0.05) is 49.7 Å². The molecule has 0 nitrogen and oxygen atoms in total. The average Bonchev–Trinajstić information content (AvgIpc) is 1.94. The summed E-state index contributed by atoms with van der Waals surface area (Å²) in [7, 11) is 0. The third kappa shape index (κ3) is 3.77. The fourth-order valence-electron chi connectivity index (χ4n) is 0.534. The molecule has 0 saturated heterocycles. The molecule has 52 valence electrons. The number of benzene rings is 1. The van der Waals surface area contributed by atoms with E-state index in [0.717, 1.165) is 0 Å². The summed E-state index contributed by atoms with van der Waals surface area (Å²) in [6.07, 6.45) is 0. The molecule has 0 aromatic heterocycles. The Morgan fingerprint density at radius 1 is 1.00 bits per heavy atom. The first-order chi connectivity index (χ1) is 4.39. The first-order valence-corrected chi connectivity index (χ1v) is 3.41. The molecule has 0 heterocycles. The summed E-state index contributed by atoms with van der Waals surface area (Å²) in [6, 6.07) is 10.3. The van der Waals surface area contributed by atoms with Crippen molar-refractivity contribution in [3.05, 3.63) is 35.9 Å². The second-order valence-electron chi connectivity index (χ2n) is 1.65. The fourth-order valence-corrected chi connectivity index (χ4v) is 0.534. The highest BCUT2D eigenvalue weighted by molar-refractivity contribution is 5.11. The van der Waals surface area contributed by atoms with E-state index in [1.165, 1.54) is 5.56 Å². The molecule has 0 unspecified atom stereocenters. The van der Waals surface area contributed by atoms with Crippen LogP contribution in [-0.2, 0) is 0 Å². The van der Waals surface area contributed by atoms with Crippen molar-refractivity contribution in [3.63, 3.8) is 0 Å². The monoisotopic (exact) mass is 124 g/mol. The van der Waals surface area contributed by atoms with E-state index in [1.54, 1.807) is 0 Å². The van der Waals surface area contributed by atoms with Crippen molar-refractivity contribution >= 4 is 0 Å². The lowest BCUT2D eigenvalue weighted by molar-refractivity contribution is 1.48. The summed E-state index contributed by atoms with van der Waals surface area (Å²) in [6.45, 7) is 6.08. The summed E-state index contributed by atoms with van der Waals surface area (Å²) in [5, 5.41) is 0. The second kappa shape index (κ2) is 5.36. The molecule has 0 spiro atoms. The normalized spacial score (nSPS) is 7.44. The van der Waals surface area contributed by atoms with Gasteiger partial charge < -0.3 is 0 Å². The summed E-state index contributed by atoms with van der Waals surface area (Å²) >= 11 is 0. The van der Waals surface area contributed by atoms with Crippen LogP contribution in [0.1, 0.15) is 20.8 Å². The van der Waals surface area contributed by atoms with Crippen LogP contribution in [0.5, 0.6) is 0 Å². The Morgan fingerprint density at radius 2 is 1.44 bits per heavy atom. The van der Waals surface area contributed by atoms with Crippen LogP contribution in [-0.4, -0.2) is 0 Å². The highest BCUT2D eigenvalue weighted by Gasteiger charge is 1.72. The van der Waals surface area contributed by atoms with Crippen LogP contribution >= 0.6 is 0 Å². The third-order valence-corrected chi connectivity index (χ3v) is 0.940. The molecule has 0 aliphatic rings. The standard InChI is InChI=1S/C7H8.C2H6.H2/c1-7-5-3-2-4-6-7;1-2;/h2-6H,1H3;1-2H3;1H. The summed E-state index contributed by atoms with van der Waals surface area (Å²) in [5.41, 5.74) is 1.32. The minimum atomic E-state index is 0. The number of hydrogen-bond acceptors (Lipinski definition) is 0. The van der Waals surface area contributed by atoms with Gasteiger partial charge in [-0.05, 0) is 6.92 Å². The van der Waals surface area contributed by atoms with E-state index in [4.69, 9.17) is 0 Å². The molecular weight excluding hydrogens is 108 g/mol. The van der Waals surface area contributed by atoms with Gasteiger partial charge in [0.15, 0.2) is 0 Å². The molecule has 0 amide bonds. The lowest BCUT2D eigenvalue weighted by Gasteiger charge is -1.82. The molecule has 0 heteroatoms. The highest BCUT2D eigenvalue weighted by atomic mass is 13.8. The van der Waals surface area contributed by atoms with Crippen LogP contribution in [0.15, 0.2) is 30.3 Å². The summed E-state index contributed by atoms with van der Waals surface area (Å²) in [4.78, 5) is 0. The van der Waals surface area contributed by atoms with Gasteiger partial charge in [-0.3, -0.25) is 0 Å². The van der Waals surface area contributed by atoms with Gasteiger partial charge in [-0.2, -0.15) is 0 Å². The molecule has 0 fully saturated rings. The van der Waals surface area contributed by atoms with Gasteiger partial charge in [0.2, 0.25) is 0 Å². The van der Waals surface area contributed by atoms with Crippen molar-refractivity contribution in [2.24, 2.45) is 0 Å². The number of aryl methyl sites for hydroxylation is 1. The van der Waals surface area contributed by atoms with Gasteiger partial charge in [0.1, 0.15) is 0 Å². The first-order valence-electron chi connectivity index (χ1n) is 3.41. The third-order valence-electron chi connectivity index (χ3n) is 0.940. The molecule has 0 aliphatic heterocycles. The summed E-state index contributed by atoms with van der Waals surface area (Å²) < 4.78 is 0. The van der Waals surface area contributed by atoms with Crippen LogP contribution in [0.25, 0.3) is 0 Å². The molecule has 0 bridgehead atoms. The maximum Gasteiger partial charge on any atom is 0 e. The maximum atomic E-state index is 2.08. The molecule has 9 heavy (non-hydrogen) atoms. The molecule has 0 atom stereocenters. The molecular formula is C9H16. The van der Waals surface area contributed by atoms with Crippen molar-refractivity contribution in [3.8, 4) is 0 Å². The Hall–Kier alpha value is -0.780. The van der Waals surface area contributed by atoms with E-state index in [1.807, 2.05) is 32.0 Å². The molecule has 0 N–H and O–H groups in total. The number of hydrogen-bond donors (Lipinski definition) is 0. The topological polar surface area (TPSA) is 0 Å². The average molecular weight is 124 g/mol. The van der Waals surface area contributed by atoms with Crippen LogP contribution in [0.3, 0.4) is 0 Å². The fraction of sp³-hybridized carbons (Fsp3) is 0.333. The van der Waals surface area contributed by atoms with Crippen LogP contribution in [0, 0.1) is 6.92 Å². The van der Waals surface area contributed by atoms with Gasteiger partial charge in [0, 0.05) is 1.43 Å². The van der Waals surface area contributed by atoms with Crippen molar-refractivity contribution in [2.45, 2.75) is 20.8 Å². The predicted octanol–water partition coefficient (Wildman–Crippen LogP) is 3.27. The van der Waals surface area contributed by atoms with Gasteiger partial charge >= 0.3 is 0 Å². The quantitative estimate of drug-likeness (QED) is 0.498. The minimum absolute atomic E-state index is 0. The predicted molar refractivity (Wildman–Crippen MR) is 44.6 cm³/mol. The number of rotatable bonds is 0. The molecule has 0 aliphatic carbocycles. The maximum absolute atomic E-state index is 2.08. The van der Waals surface area contributed by atoms with Gasteiger partial charge in [-0.25, -0.2) is 0 Å². The van der Waals surface area contributed by atoms with Crippen LogP contribution in [0.4, 0.5) is 0 Å². The van der Waals surface area contributed by atoms with Crippen molar-refractivity contribution < 1.29 is 1.43 Å². The SMILES string of the molecule is CC.Cc1ccccc1.[HH]. The van der Waals surface area contributed by atoms with Gasteiger partial charge in [-0.15, -0.1) is 0 Å². The van der Waals surface area contributed by atoms with Crippen LogP contribution < -0.4 is 0 Å². The second-order valence-corrected chi connectivity index (χ2v) is 1.65.